The summed E-state index contributed by atoms with van der Waals surface area (Å²) in [6, 6.07) is 6.03. The second kappa shape index (κ2) is 10.1. The van der Waals surface area contributed by atoms with Crippen LogP contribution < -0.4 is 5.32 Å². The Hall–Kier alpha value is -3.52. The molecule has 14 heteroatoms. The van der Waals surface area contributed by atoms with Gasteiger partial charge < -0.3 is 5.32 Å². The normalized spacial score (nSPS) is 20.6. The third-order valence-corrected chi connectivity index (χ3v) is 7.80. The zero-order valence-electron chi connectivity index (χ0n) is 19.2. The largest absolute Gasteiger partial charge is 0.433 e. The van der Waals surface area contributed by atoms with Crippen LogP contribution in [0.3, 0.4) is 0 Å². The molecule has 0 bridgehead atoms. The van der Waals surface area contributed by atoms with Crippen LogP contribution in [0.2, 0.25) is 0 Å². The average molecular weight is 542 g/mol. The van der Waals surface area contributed by atoms with E-state index in [2.05, 4.69) is 20.3 Å². The van der Waals surface area contributed by atoms with E-state index >= 15 is 0 Å². The number of nitrogens with one attached hydrogen (secondary N) is 1. The summed E-state index contributed by atoms with van der Waals surface area (Å²) in [6.07, 6.45) is -4.04. The van der Waals surface area contributed by atoms with Crippen molar-refractivity contribution in [3.8, 4) is 11.3 Å². The number of amides is 1. The fourth-order valence-corrected chi connectivity index (χ4v) is 5.59. The van der Waals surface area contributed by atoms with Gasteiger partial charge in [-0.05, 0) is 42.5 Å². The molecule has 1 saturated heterocycles. The van der Waals surface area contributed by atoms with Crippen molar-refractivity contribution < 1.29 is 35.2 Å². The molecule has 1 aromatic carbocycles. The highest BCUT2D eigenvalue weighted by Gasteiger charge is 2.49. The molecule has 8 nitrogen and oxygen atoms in total. The summed E-state index contributed by atoms with van der Waals surface area (Å²) in [5.41, 5.74) is -0.258. The summed E-state index contributed by atoms with van der Waals surface area (Å²) >= 11 is 0. The first-order valence-corrected chi connectivity index (χ1v) is 12.4. The van der Waals surface area contributed by atoms with Crippen molar-refractivity contribution in [1.82, 2.24) is 24.6 Å². The van der Waals surface area contributed by atoms with Crippen LogP contribution in [-0.4, -0.2) is 52.3 Å². The monoisotopic (exact) mass is 541 g/mol. The van der Waals surface area contributed by atoms with Crippen LogP contribution in [0.5, 0.6) is 0 Å². The minimum atomic E-state index is -4.59. The zero-order chi connectivity index (χ0) is 27.0. The van der Waals surface area contributed by atoms with Gasteiger partial charge in [-0.25, -0.2) is 27.2 Å². The molecule has 1 aliphatic heterocycles. The maximum Gasteiger partial charge on any atom is 0.433 e. The van der Waals surface area contributed by atoms with Gasteiger partial charge in [0.15, 0.2) is 0 Å². The predicted molar refractivity (Wildman–Crippen MR) is 120 cm³/mol. The van der Waals surface area contributed by atoms with Gasteiger partial charge in [-0.3, -0.25) is 9.78 Å². The Morgan fingerprint density at radius 3 is 2.43 bits per heavy atom. The molecular formula is C23H20F5N5O3S. The van der Waals surface area contributed by atoms with Crippen LogP contribution >= 0.6 is 0 Å². The molecule has 1 unspecified atom stereocenters. The molecule has 0 saturated carbocycles. The topological polar surface area (TPSA) is 105 Å². The SMILES string of the molecule is CC1[C@@H](C(=O)NCc2cc(-c3ccc(C(F)(F)F)nc3)ncn2)N(S(=O)(=O)c2ccc(F)cc2)C[C@@H]1F. The van der Waals surface area contributed by atoms with E-state index in [-0.39, 0.29) is 28.4 Å². The highest BCUT2D eigenvalue weighted by Crippen LogP contribution is 2.33. The molecule has 2 aromatic heterocycles. The summed E-state index contributed by atoms with van der Waals surface area (Å²) in [5.74, 6) is -2.38. The van der Waals surface area contributed by atoms with Gasteiger partial charge in [0, 0.05) is 24.2 Å². The van der Waals surface area contributed by atoms with E-state index in [0.717, 1.165) is 47.2 Å². The van der Waals surface area contributed by atoms with Crippen LogP contribution in [0.1, 0.15) is 18.3 Å². The number of pyridine rings is 1. The molecule has 1 aliphatic rings. The molecule has 3 aromatic rings. The number of rotatable bonds is 6. The first kappa shape index (κ1) is 26.5. The lowest BCUT2D eigenvalue weighted by Gasteiger charge is -2.25. The van der Waals surface area contributed by atoms with Crippen LogP contribution in [-0.2, 0) is 27.5 Å². The quantitative estimate of drug-likeness (QED) is 0.480. The Morgan fingerprint density at radius 1 is 1.11 bits per heavy atom. The number of carbonyl (C=O) groups is 1. The smallest absolute Gasteiger partial charge is 0.349 e. The van der Waals surface area contributed by atoms with Crippen LogP contribution in [0, 0.1) is 11.7 Å². The summed E-state index contributed by atoms with van der Waals surface area (Å²) < 4.78 is 92.9. The van der Waals surface area contributed by atoms with Gasteiger partial charge in [-0.2, -0.15) is 17.5 Å². The Balaban J connectivity index is 1.50. The number of hydrogen-bond acceptors (Lipinski definition) is 6. The van der Waals surface area contributed by atoms with E-state index in [9.17, 15) is 35.2 Å². The molecule has 4 rings (SSSR count). The van der Waals surface area contributed by atoms with Crippen LogP contribution in [0.4, 0.5) is 22.0 Å². The van der Waals surface area contributed by atoms with E-state index in [1.54, 1.807) is 0 Å². The Labute approximate surface area is 208 Å². The second-order valence-electron chi connectivity index (χ2n) is 8.39. The first-order chi connectivity index (χ1) is 17.4. The zero-order valence-corrected chi connectivity index (χ0v) is 20.0. The Kier molecular flexibility index (Phi) is 7.24. The number of nitrogens with zero attached hydrogens (tertiary/aromatic N) is 4. The van der Waals surface area contributed by atoms with Gasteiger partial charge in [-0.1, -0.05) is 6.92 Å². The molecule has 1 N–H and O–H groups in total. The number of sulfonamides is 1. The second-order valence-corrected chi connectivity index (χ2v) is 10.3. The van der Waals surface area contributed by atoms with Crippen molar-refractivity contribution in [2.75, 3.05) is 6.54 Å². The van der Waals surface area contributed by atoms with Gasteiger partial charge in [-0.15, -0.1) is 0 Å². The first-order valence-electron chi connectivity index (χ1n) is 10.9. The molecule has 1 amide bonds. The average Bonchev–Trinajstić information content (AvgIpc) is 3.17. The van der Waals surface area contributed by atoms with Crippen molar-refractivity contribution in [2.24, 2.45) is 5.92 Å². The Morgan fingerprint density at radius 2 is 1.81 bits per heavy atom. The van der Waals surface area contributed by atoms with Crippen LogP contribution in [0.25, 0.3) is 11.3 Å². The molecule has 3 heterocycles. The molecule has 0 spiro atoms. The van der Waals surface area contributed by atoms with Gasteiger partial charge in [0.05, 0.1) is 22.8 Å². The molecule has 3 atom stereocenters. The summed E-state index contributed by atoms with van der Waals surface area (Å²) in [7, 11) is -4.30. The van der Waals surface area contributed by atoms with E-state index in [1.807, 2.05) is 0 Å². The summed E-state index contributed by atoms with van der Waals surface area (Å²) in [6.45, 7) is 0.681. The fourth-order valence-electron chi connectivity index (χ4n) is 3.92. The summed E-state index contributed by atoms with van der Waals surface area (Å²) in [5, 5.41) is 2.54. The highest BCUT2D eigenvalue weighted by molar-refractivity contribution is 7.89. The number of halogens is 5. The van der Waals surface area contributed by atoms with Gasteiger partial charge in [0.1, 0.15) is 30.1 Å². The van der Waals surface area contributed by atoms with E-state index in [0.29, 0.717) is 0 Å². The Bertz CT molecular complexity index is 1390. The molecule has 0 radical (unpaired) electrons. The maximum atomic E-state index is 14.6. The van der Waals surface area contributed by atoms with Crippen molar-refractivity contribution in [3.05, 3.63) is 72.2 Å². The number of hydrogen-bond donors (Lipinski definition) is 1. The lowest BCUT2D eigenvalue weighted by molar-refractivity contribution is -0.141. The van der Waals surface area contributed by atoms with Gasteiger partial charge in [0.25, 0.3) is 0 Å². The standard InChI is InChI=1S/C23H20F5N5O3S/c1-13-18(25)11-33(37(35,36)17-5-3-15(24)4-6-17)21(13)22(34)30-10-16-8-19(32-12-31-16)14-2-7-20(29-9-14)23(26,27)28/h2-9,12-13,18,21H,10-11H2,1H3,(H,30,34)/t13?,18-,21-/m0/s1. The third-order valence-electron chi connectivity index (χ3n) is 5.94. The molecule has 1 fully saturated rings. The number of aromatic nitrogens is 3. The lowest BCUT2D eigenvalue weighted by Crippen LogP contribution is -2.48. The highest BCUT2D eigenvalue weighted by atomic mass is 32.2. The molecular weight excluding hydrogens is 521 g/mol. The van der Waals surface area contributed by atoms with E-state index in [1.165, 1.54) is 19.1 Å². The van der Waals surface area contributed by atoms with Crippen molar-refractivity contribution >= 4 is 15.9 Å². The molecule has 37 heavy (non-hydrogen) atoms. The fraction of sp³-hybridized carbons (Fsp3) is 0.304. The third kappa shape index (κ3) is 5.59. The van der Waals surface area contributed by atoms with Gasteiger partial charge >= 0.3 is 6.18 Å². The number of benzene rings is 1. The van der Waals surface area contributed by atoms with Crippen molar-refractivity contribution in [1.29, 1.82) is 0 Å². The molecule has 196 valence electrons. The minimum Gasteiger partial charge on any atom is -0.349 e. The van der Waals surface area contributed by atoms with E-state index < -0.39 is 58.3 Å². The minimum absolute atomic E-state index is 0.187. The van der Waals surface area contributed by atoms with Crippen molar-refractivity contribution in [3.63, 3.8) is 0 Å². The van der Waals surface area contributed by atoms with Gasteiger partial charge in [0.2, 0.25) is 15.9 Å². The summed E-state index contributed by atoms with van der Waals surface area (Å²) in [4.78, 5) is 24.1. The molecule has 0 aliphatic carbocycles. The van der Waals surface area contributed by atoms with Crippen LogP contribution in [0.15, 0.2) is 59.9 Å². The maximum absolute atomic E-state index is 14.6. The lowest BCUT2D eigenvalue weighted by atomic mass is 10.0. The van der Waals surface area contributed by atoms with E-state index in [4.69, 9.17) is 0 Å². The number of alkyl halides is 4. The number of carbonyl (C=O) groups excluding carboxylic acids is 1. The predicted octanol–water partition coefficient (Wildman–Crippen LogP) is 3.36. The van der Waals surface area contributed by atoms with Crippen molar-refractivity contribution in [2.45, 2.75) is 36.8 Å².